The normalized spacial score (nSPS) is 11.0. The molecule has 1 heterocycles. The molecule has 0 spiro atoms. The van der Waals surface area contributed by atoms with Gasteiger partial charge in [0.15, 0.2) is 11.5 Å². The molecular weight excluding hydrogens is 360 g/mol. The van der Waals surface area contributed by atoms with Crippen molar-refractivity contribution in [2.75, 3.05) is 26.8 Å². The van der Waals surface area contributed by atoms with Crippen molar-refractivity contribution < 1.29 is 14.2 Å². The number of ether oxygens (including phenoxy) is 3. The molecule has 0 bridgehead atoms. The van der Waals surface area contributed by atoms with E-state index in [4.69, 9.17) is 14.2 Å². The van der Waals surface area contributed by atoms with E-state index in [2.05, 4.69) is 15.5 Å². The van der Waals surface area contributed by atoms with Gasteiger partial charge in [0, 0.05) is 18.2 Å². The molecule has 8 nitrogen and oxygen atoms in total. The third-order valence-corrected chi connectivity index (χ3v) is 4.28. The number of nitrogens with zero attached hydrogens (tertiary/aromatic N) is 3. The maximum Gasteiger partial charge on any atom is 0.262 e. The van der Waals surface area contributed by atoms with E-state index in [1.54, 1.807) is 51.8 Å². The van der Waals surface area contributed by atoms with Crippen LogP contribution in [0.15, 0.2) is 46.3 Å². The first kappa shape index (κ1) is 19.2. The second-order valence-corrected chi connectivity index (χ2v) is 5.82. The van der Waals surface area contributed by atoms with Gasteiger partial charge in [-0.05, 0) is 25.1 Å². The number of fused-ring (bicyclic) bond motifs is 1. The molecule has 0 unspecified atom stereocenters. The van der Waals surface area contributed by atoms with E-state index in [9.17, 15) is 4.79 Å². The predicted octanol–water partition coefficient (Wildman–Crippen LogP) is 2.89. The Hall–Kier alpha value is -3.55. The zero-order chi connectivity index (χ0) is 20.1. The van der Waals surface area contributed by atoms with Gasteiger partial charge in [0.25, 0.3) is 5.56 Å². The van der Waals surface area contributed by atoms with E-state index in [1.807, 2.05) is 19.1 Å². The number of hydrazone groups is 1. The molecule has 0 amide bonds. The fraction of sp³-hybridized carbons (Fsp3) is 0.250. The van der Waals surface area contributed by atoms with Crippen molar-refractivity contribution >= 4 is 23.1 Å². The molecule has 28 heavy (non-hydrogen) atoms. The smallest absolute Gasteiger partial charge is 0.262 e. The van der Waals surface area contributed by atoms with Crippen molar-refractivity contribution in [3.05, 3.63) is 52.3 Å². The van der Waals surface area contributed by atoms with Crippen molar-refractivity contribution in [2.45, 2.75) is 13.5 Å². The summed E-state index contributed by atoms with van der Waals surface area (Å²) in [5, 5.41) is 4.80. The Kier molecular flexibility index (Phi) is 5.78. The van der Waals surface area contributed by atoms with E-state index >= 15 is 0 Å². The van der Waals surface area contributed by atoms with Crippen molar-refractivity contribution in [1.82, 2.24) is 9.55 Å². The average molecular weight is 382 g/mol. The van der Waals surface area contributed by atoms with Crippen molar-refractivity contribution in [1.29, 1.82) is 0 Å². The number of aromatic nitrogens is 2. The second kappa shape index (κ2) is 8.43. The standard InChI is InChI=1S/C20H22N4O4/c1-5-24-19(25)14-8-6-7-9-15(14)22-20(24)23-21-12-13-10-17(27-3)18(28-4)11-16(13)26-2/h6-12H,5H2,1-4H3,(H,22,23)/b21-12-. The van der Waals surface area contributed by atoms with Crippen LogP contribution in [0.4, 0.5) is 5.95 Å². The minimum absolute atomic E-state index is 0.116. The molecule has 1 aromatic heterocycles. The maximum absolute atomic E-state index is 12.6. The molecule has 0 radical (unpaired) electrons. The summed E-state index contributed by atoms with van der Waals surface area (Å²) in [7, 11) is 4.68. The average Bonchev–Trinajstić information content (AvgIpc) is 2.73. The Labute approximate surface area is 162 Å². The molecule has 0 atom stereocenters. The van der Waals surface area contributed by atoms with Crippen molar-refractivity contribution in [2.24, 2.45) is 5.10 Å². The summed E-state index contributed by atoms with van der Waals surface area (Å²) < 4.78 is 17.5. The van der Waals surface area contributed by atoms with Gasteiger partial charge in [0.2, 0.25) is 5.95 Å². The van der Waals surface area contributed by atoms with Crippen LogP contribution in [0.5, 0.6) is 17.2 Å². The molecule has 0 aliphatic rings. The van der Waals surface area contributed by atoms with Gasteiger partial charge in [0.05, 0.1) is 38.4 Å². The highest BCUT2D eigenvalue weighted by Gasteiger charge is 2.11. The van der Waals surface area contributed by atoms with Crippen LogP contribution in [0.3, 0.4) is 0 Å². The summed E-state index contributed by atoms with van der Waals surface area (Å²) in [6.07, 6.45) is 1.57. The summed E-state index contributed by atoms with van der Waals surface area (Å²) >= 11 is 0. The van der Waals surface area contributed by atoms with E-state index in [1.165, 1.54) is 4.57 Å². The number of hydrogen-bond donors (Lipinski definition) is 1. The van der Waals surface area contributed by atoms with Crippen molar-refractivity contribution in [3.63, 3.8) is 0 Å². The molecule has 0 saturated heterocycles. The largest absolute Gasteiger partial charge is 0.496 e. The lowest BCUT2D eigenvalue weighted by Crippen LogP contribution is -2.23. The van der Waals surface area contributed by atoms with Gasteiger partial charge in [-0.3, -0.25) is 9.36 Å². The van der Waals surface area contributed by atoms with Gasteiger partial charge in [-0.15, -0.1) is 0 Å². The SMILES string of the molecule is CCn1c(N/N=C\c2cc(OC)c(OC)cc2OC)nc2ccccc2c1=O. The Morgan fingerprint density at radius 2 is 1.75 bits per heavy atom. The van der Waals surface area contributed by atoms with Gasteiger partial charge in [-0.1, -0.05) is 12.1 Å². The van der Waals surface area contributed by atoms with Crippen LogP contribution in [0.25, 0.3) is 10.9 Å². The number of anilines is 1. The molecule has 3 aromatic rings. The molecule has 2 aromatic carbocycles. The van der Waals surface area contributed by atoms with Gasteiger partial charge in [-0.2, -0.15) is 5.10 Å². The van der Waals surface area contributed by atoms with E-state index in [-0.39, 0.29) is 5.56 Å². The highest BCUT2D eigenvalue weighted by Crippen LogP contribution is 2.33. The zero-order valence-corrected chi connectivity index (χ0v) is 16.2. The summed E-state index contributed by atoms with van der Waals surface area (Å²) in [4.78, 5) is 17.2. The van der Waals surface area contributed by atoms with Crippen molar-refractivity contribution in [3.8, 4) is 17.2 Å². The summed E-state index contributed by atoms with van der Waals surface area (Å²) in [5.74, 6) is 2.05. The van der Waals surface area contributed by atoms with E-state index < -0.39 is 0 Å². The fourth-order valence-electron chi connectivity index (χ4n) is 2.86. The zero-order valence-electron chi connectivity index (χ0n) is 16.2. The van der Waals surface area contributed by atoms with Crippen LogP contribution in [0.2, 0.25) is 0 Å². The second-order valence-electron chi connectivity index (χ2n) is 5.82. The molecular formula is C20H22N4O4. The van der Waals surface area contributed by atoms with Crippen LogP contribution in [-0.2, 0) is 6.54 Å². The third-order valence-electron chi connectivity index (χ3n) is 4.28. The first-order valence-corrected chi connectivity index (χ1v) is 8.71. The molecule has 146 valence electrons. The molecule has 0 saturated carbocycles. The van der Waals surface area contributed by atoms with E-state index in [0.717, 1.165) is 0 Å². The lowest BCUT2D eigenvalue weighted by atomic mass is 10.2. The van der Waals surface area contributed by atoms with Crippen LogP contribution < -0.4 is 25.2 Å². The Morgan fingerprint density at radius 3 is 2.43 bits per heavy atom. The van der Waals surface area contributed by atoms with Gasteiger partial charge < -0.3 is 14.2 Å². The monoisotopic (exact) mass is 382 g/mol. The molecule has 8 heteroatoms. The molecule has 0 aliphatic heterocycles. The van der Waals surface area contributed by atoms with Gasteiger partial charge >= 0.3 is 0 Å². The first-order valence-electron chi connectivity index (χ1n) is 8.71. The third kappa shape index (κ3) is 3.62. The lowest BCUT2D eigenvalue weighted by Gasteiger charge is -2.12. The lowest BCUT2D eigenvalue weighted by molar-refractivity contribution is 0.349. The topological polar surface area (TPSA) is 87.0 Å². The summed E-state index contributed by atoms with van der Waals surface area (Å²) in [5.41, 5.74) is 4.03. The Bertz CT molecular complexity index is 1080. The van der Waals surface area contributed by atoms with E-state index in [0.29, 0.717) is 46.2 Å². The molecule has 0 aliphatic carbocycles. The van der Waals surface area contributed by atoms with Crippen LogP contribution in [0, 0.1) is 0 Å². The number of rotatable bonds is 7. The predicted molar refractivity (Wildman–Crippen MR) is 109 cm³/mol. The maximum atomic E-state index is 12.6. The summed E-state index contributed by atoms with van der Waals surface area (Å²) in [6.45, 7) is 2.35. The Morgan fingerprint density at radius 1 is 1.07 bits per heavy atom. The Balaban J connectivity index is 1.96. The molecule has 1 N–H and O–H groups in total. The highest BCUT2D eigenvalue weighted by molar-refractivity contribution is 5.85. The van der Waals surface area contributed by atoms with Crippen LogP contribution in [0.1, 0.15) is 12.5 Å². The number of nitrogens with one attached hydrogen (secondary N) is 1. The number of hydrogen-bond acceptors (Lipinski definition) is 7. The minimum atomic E-state index is -0.116. The van der Waals surface area contributed by atoms with Crippen LogP contribution in [-0.4, -0.2) is 37.1 Å². The number of para-hydroxylation sites is 1. The number of methoxy groups -OCH3 is 3. The summed E-state index contributed by atoms with van der Waals surface area (Å²) in [6, 6.07) is 10.7. The highest BCUT2D eigenvalue weighted by atomic mass is 16.5. The van der Waals surface area contributed by atoms with Gasteiger partial charge in [0.1, 0.15) is 5.75 Å². The minimum Gasteiger partial charge on any atom is -0.496 e. The number of benzene rings is 2. The molecule has 0 fully saturated rings. The van der Waals surface area contributed by atoms with Gasteiger partial charge in [-0.25, -0.2) is 10.4 Å². The first-order chi connectivity index (χ1) is 13.6. The van der Waals surface area contributed by atoms with Crippen LogP contribution >= 0.6 is 0 Å². The fourth-order valence-corrected chi connectivity index (χ4v) is 2.86. The quantitative estimate of drug-likeness (QED) is 0.499. The molecule has 3 rings (SSSR count).